The Hall–Kier alpha value is -2.96. The van der Waals surface area contributed by atoms with E-state index >= 15 is 0 Å². The molecule has 0 fully saturated rings. The average Bonchev–Trinajstić information content (AvgIpc) is 3.13. The summed E-state index contributed by atoms with van der Waals surface area (Å²) >= 11 is 0. The number of hydrazine groups is 1. The first-order valence-corrected chi connectivity index (χ1v) is 7.69. The second-order valence-electron chi connectivity index (χ2n) is 4.83. The van der Waals surface area contributed by atoms with Crippen LogP contribution in [0.5, 0.6) is 11.5 Å². The van der Waals surface area contributed by atoms with Gasteiger partial charge in [0.2, 0.25) is 0 Å². The van der Waals surface area contributed by atoms with Gasteiger partial charge >= 0.3 is 5.91 Å². The molecule has 2 aromatic rings. The third-order valence-electron chi connectivity index (χ3n) is 3.00. The zero-order valence-corrected chi connectivity index (χ0v) is 13.6. The normalized spacial score (nSPS) is 10.1. The van der Waals surface area contributed by atoms with Crippen LogP contribution in [0, 0.1) is 0 Å². The Morgan fingerprint density at radius 1 is 1.04 bits per heavy atom. The van der Waals surface area contributed by atoms with Crippen LogP contribution < -0.4 is 20.3 Å². The Kier molecular flexibility index (Phi) is 6.24. The number of carbonyl (C=O) groups excluding carboxylic acids is 2. The Labute approximate surface area is 139 Å². The predicted molar refractivity (Wildman–Crippen MR) is 87.0 cm³/mol. The second kappa shape index (κ2) is 8.61. The number of hydrogen-bond acceptors (Lipinski definition) is 5. The third-order valence-corrected chi connectivity index (χ3v) is 3.00. The molecule has 1 heterocycles. The quantitative estimate of drug-likeness (QED) is 0.761. The highest BCUT2D eigenvalue weighted by Gasteiger charge is 2.14. The summed E-state index contributed by atoms with van der Waals surface area (Å²) in [5.74, 6) is 0.152. The third kappa shape index (κ3) is 4.52. The van der Waals surface area contributed by atoms with Gasteiger partial charge in [-0.05, 0) is 43.7 Å². The Bertz CT molecular complexity index is 682. The van der Waals surface area contributed by atoms with E-state index in [9.17, 15) is 9.59 Å². The van der Waals surface area contributed by atoms with Crippen LogP contribution in [-0.4, -0.2) is 25.0 Å². The van der Waals surface area contributed by atoms with Crippen LogP contribution in [0.3, 0.4) is 0 Å². The lowest BCUT2D eigenvalue weighted by Crippen LogP contribution is -2.41. The lowest BCUT2D eigenvalue weighted by Gasteiger charge is -2.13. The lowest BCUT2D eigenvalue weighted by molar-refractivity contribution is 0.0830. The number of carbonyl (C=O) groups is 2. The van der Waals surface area contributed by atoms with Gasteiger partial charge in [-0.1, -0.05) is 6.92 Å². The van der Waals surface area contributed by atoms with Crippen LogP contribution >= 0.6 is 0 Å². The van der Waals surface area contributed by atoms with Gasteiger partial charge in [0.15, 0.2) is 17.3 Å². The number of hydrogen-bond donors (Lipinski definition) is 2. The van der Waals surface area contributed by atoms with E-state index in [0.717, 1.165) is 6.42 Å². The van der Waals surface area contributed by atoms with Crippen LogP contribution in [0.2, 0.25) is 0 Å². The molecule has 2 rings (SSSR count). The zero-order valence-electron chi connectivity index (χ0n) is 13.6. The molecule has 24 heavy (non-hydrogen) atoms. The maximum atomic E-state index is 12.1. The highest BCUT2D eigenvalue weighted by Crippen LogP contribution is 2.28. The van der Waals surface area contributed by atoms with E-state index in [2.05, 4.69) is 10.9 Å². The monoisotopic (exact) mass is 332 g/mol. The fourth-order valence-electron chi connectivity index (χ4n) is 1.90. The van der Waals surface area contributed by atoms with Crippen molar-refractivity contribution in [3.05, 3.63) is 47.9 Å². The fourth-order valence-corrected chi connectivity index (χ4v) is 1.90. The van der Waals surface area contributed by atoms with Crippen LogP contribution in [0.1, 0.15) is 41.2 Å². The van der Waals surface area contributed by atoms with E-state index in [1.807, 2.05) is 13.8 Å². The number of ether oxygens (including phenoxy) is 2. The molecule has 0 aliphatic heterocycles. The molecule has 0 radical (unpaired) electrons. The van der Waals surface area contributed by atoms with Gasteiger partial charge in [-0.3, -0.25) is 20.4 Å². The smallest absolute Gasteiger partial charge is 0.305 e. The molecule has 0 spiro atoms. The minimum absolute atomic E-state index is 0.105. The van der Waals surface area contributed by atoms with Crippen LogP contribution in [-0.2, 0) is 0 Å². The summed E-state index contributed by atoms with van der Waals surface area (Å²) in [6, 6.07) is 7.92. The zero-order chi connectivity index (χ0) is 17.4. The van der Waals surface area contributed by atoms with Gasteiger partial charge in [-0.15, -0.1) is 0 Å². The van der Waals surface area contributed by atoms with Gasteiger partial charge in [0.25, 0.3) is 5.91 Å². The molecule has 1 aromatic heterocycles. The molecule has 0 aliphatic rings. The van der Waals surface area contributed by atoms with Crippen LogP contribution in [0.15, 0.2) is 41.0 Å². The van der Waals surface area contributed by atoms with Crippen molar-refractivity contribution in [1.29, 1.82) is 0 Å². The Morgan fingerprint density at radius 3 is 2.50 bits per heavy atom. The minimum atomic E-state index is -0.540. The van der Waals surface area contributed by atoms with Crippen molar-refractivity contribution in [2.45, 2.75) is 20.3 Å². The average molecular weight is 332 g/mol. The van der Waals surface area contributed by atoms with Crippen LogP contribution in [0.4, 0.5) is 0 Å². The van der Waals surface area contributed by atoms with Gasteiger partial charge in [-0.25, -0.2) is 0 Å². The first-order chi connectivity index (χ1) is 11.7. The minimum Gasteiger partial charge on any atom is -0.490 e. The molecule has 0 aliphatic carbocycles. The number of nitrogens with one attached hydrogen (secondary N) is 2. The number of amides is 2. The molecule has 7 nitrogen and oxygen atoms in total. The largest absolute Gasteiger partial charge is 0.490 e. The molecule has 7 heteroatoms. The summed E-state index contributed by atoms with van der Waals surface area (Å²) in [5.41, 5.74) is 4.94. The van der Waals surface area contributed by atoms with E-state index in [1.165, 1.54) is 12.3 Å². The van der Waals surface area contributed by atoms with E-state index < -0.39 is 11.8 Å². The maximum absolute atomic E-state index is 12.1. The van der Waals surface area contributed by atoms with Crippen molar-refractivity contribution in [3.63, 3.8) is 0 Å². The summed E-state index contributed by atoms with van der Waals surface area (Å²) in [4.78, 5) is 23.9. The Balaban J connectivity index is 2.03. The van der Waals surface area contributed by atoms with Gasteiger partial charge in [0, 0.05) is 5.56 Å². The van der Waals surface area contributed by atoms with Crippen molar-refractivity contribution >= 4 is 11.8 Å². The van der Waals surface area contributed by atoms with Gasteiger partial charge in [-0.2, -0.15) is 0 Å². The molecule has 2 amide bonds. The first-order valence-electron chi connectivity index (χ1n) is 7.69. The van der Waals surface area contributed by atoms with Crippen molar-refractivity contribution < 1.29 is 23.5 Å². The predicted octanol–water partition coefficient (Wildman–Crippen LogP) is 2.54. The summed E-state index contributed by atoms with van der Waals surface area (Å²) < 4.78 is 16.0. The number of rotatable bonds is 7. The highest BCUT2D eigenvalue weighted by atomic mass is 16.5. The van der Waals surface area contributed by atoms with Crippen molar-refractivity contribution in [3.8, 4) is 11.5 Å². The summed E-state index contributed by atoms with van der Waals surface area (Å²) in [5, 5.41) is 0. The standard InChI is InChI=1S/C17H20N2O5/c1-3-9-23-13-8-7-12(11-15(13)22-4-2)16(20)18-19-17(21)14-6-5-10-24-14/h5-8,10-11H,3-4,9H2,1-2H3,(H,18,20)(H,19,21). The maximum Gasteiger partial charge on any atom is 0.305 e. The van der Waals surface area contributed by atoms with Gasteiger partial charge in [0.05, 0.1) is 19.5 Å². The van der Waals surface area contributed by atoms with E-state index in [4.69, 9.17) is 13.9 Å². The molecule has 2 N–H and O–H groups in total. The van der Waals surface area contributed by atoms with Crippen molar-refractivity contribution in [2.75, 3.05) is 13.2 Å². The van der Waals surface area contributed by atoms with Gasteiger partial charge in [0.1, 0.15) is 0 Å². The number of benzene rings is 1. The van der Waals surface area contributed by atoms with Crippen molar-refractivity contribution in [1.82, 2.24) is 10.9 Å². The van der Waals surface area contributed by atoms with Crippen LogP contribution in [0.25, 0.3) is 0 Å². The second-order valence-corrected chi connectivity index (χ2v) is 4.83. The van der Waals surface area contributed by atoms with Gasteiger partial charge < -0.3 is 13.9 Å². The topological polar surface area (TPSA) is 89.8 Å². The Morgan fingerprint density at radius 2 is 1.83 bits per heavy atom. The van der Waals surface area contributed by atoms with Crippen molar-refractivity contribution in [2.24, 2.45) is 0 Å². The molecule has 0 saturated heterocycles. The molecular formula is C17H20N2O5. The SMILES string of the molecule is CCCOc1ccc(C(=O)NNC(=O)c2ccco2)cc1OCC. The summed E-state index contributed by atoms with van der Waals surface area (Å²) in [6.07, 6.45) is 2.24. The molecule has 1 aromatic carbocycles. The first kappa shape index (κ1) is 17.4. The summed E-state index contributed by atoms with van der Waals surface area (Å²) in [6.45, 7) is 4.86. The summed E-state index contributed by atoms with van der Waals surface area (Å²) in [7, 11) is 0. The molecule has 128 valence electrons. The molecule has 0 unspecified atom stereocenters. The molecular weight excluding hydrogens is 312 g/mol. The highest BCUT2D eigenvalue weighted by molar-refractivity contribution is 5.98. The molecule has 0 atom stereocenters. The number of furan rings is 1. The molecule has 0 bridgehead atoms. The lowest BCUT2D eigenvalue weighted by atomic mass is 10.2. The fraction of sp³-hybridized carbons (Fsp3) is 0.294. The molecule has 0 saturated carbocycles. The van der Waals surface area contributed by atoms with E-state index in [1.54, 1.807) is 24.3 Å². The van der Waals surface area contributed by atoms with E-state index in [-0.39, 0.29) is 5.76 Å². The van der Waals surface area contributed by atoms with E-state index in [0.29, 0.717) is 30.3 Å².